The largest absolute Gasteiger partial charge is 0.366 e. The fourth-order valence-corrected chi connectivity index (χ4v) is 1.78. The van der Waals surface area contributed by atoms with Crippen LogP contribution in [0.5, 0.6) is 0 Å². The van der Waals surface area contributed by atoms with Gasteiger partial charge in [0.1, 0.15) is 5.60 Å². The van der Waals surface area contributed by atoms with Crippen LogP contribution in [-0.2, 0) is 20.8 Å². The fourth-order valence-electron chi connectivity index (χ4n) is 1.78. The fraction of sp³-hybridized carbons (Fsp3) is 0.571. The Labute approximate surface area is 103 Å². The molecule has 94 valence electrons. The first kappa shape index (κ1) is 12.6. The van der Waals surface area contributed by atoms with E-state index >= 15 is 0 Å². The van der Waals surface area contributed by atoms with Gasteiger partial charge in [-0.05, 0) is 18.9 Å². The van der Waals surface area contributed by atoms with Crippen molar-refractivity contribution in [2.75, 3.05) is 13.2 Å². The summed E-state index contributed by atoms with van der Waals surface area (Å²) in [6.07, 6.45) is 0.817. The lowest BCUT2D eigenvalue weighted by Crippen LogP contribution is -2.46. The summed E-state index contributed by atoms with van der Waals surface area (Å²) in [5.41, 5.74) is 0.841. The molecule has 0 spiro atoms. The molecule has 0 aliphatic carbocycles. The maximum atomic E-state index is 5.90. The molecule has 1 aromatic carbocycles. The molecule has 1 heterocycles. The van der Waals surface area contributed by atoms with Gasteiger partial charge in [-0.2, -0.15) is 0 Å². The summed E-state index contributed by atoms with van der Waals surface area (Å²) in [6.45, 7) is 5.87. The Hall–Kier alpha value is -0.900. The Balaban J connectivity index is 1.83. The zero-order valence-corrected chi connectivity index (χ0v) is 10.5. The summed E-state index contributed by atoms with van der Waals surface area (Å²) in [4.78, 5) is 0. The van der Waals surface area contributed by atoms with E-state index in [0.29, 0.717) is 19.8 Å². The third-order valence-corrected chi connectivity index (χ3v) is 2.91. The highest BCUT2D eigenvalue weighted by molar-refractivity contribution is 5.13. The molecule has 0 N–H and O–H groups in total. The van der Waals surface area contributed by atoms with Gasteiger partial charge in [0.15, 0.2) is 6.29 Å². The predicted octanol–water partition coefficient (Wildman–Crippen LogP) is 2.74. The molecule has 1 fully saturated rings. The summed E-state index contributed by atoms with van der Waals surface area (Å²) in [7, 11) is 0. The molecule has 3 heteroatoms. The first-order chi connectivity index (χ1) is 8.22. The van der Waals surface area contributed by atoms with Crippen molar-refractivity contribution in [1.82, 2.24) is 0 Å². The van der Waals surface area contributed by atoms with Gasteiger partial charge in [-0.25, -0.2) is 0 Å². The summed E-state index contributed by atoms with van der Waals surface area (Å²) in [5.74, 6) is 0. The van der Waals surface area contributed by atoms with E-state index < -0.39 is 0 Å². The van der Waals surface area contributed by atoms with Gasteiger partial charge in [-0.3, -0.25) is 0 Å². The predicted molar refractivity (Wildman–Crippen MR) is 65.6 cm³/mol. The number of ether oxygens (including phenoxy) is 3. The van der Waals surface area contributed by atoms with Crippen LogP contribution in [0.4, 0.5) is 0 Å². The van der Waals surface area contributed by atoms with Crippen LogP contribution >= 0.6 is 0 Å². The molecule has 0 aromatic heterocycles. The van der Waals surface area contributed by atoms with Gasteiger partial charge in [0.25, 0.3) is 0 Å². The zero-order chi connectivity index (χ0) is 12.1. The number of rotatable bonds is 4. The van der Waals surface area contributed by atoms with Crippen molar-refractivity contribution in [3.8, 4) is 0 Å². The molecule has 1 aromatic rings. The second-order valence-electron chi connectivity index (χ2n) is 4.68. The molecule has 0 radical (unpaired) electrons. The van der Waals surface area contributed by atoms with E-state index in [2.05, 4.69) is 19.1 Å². The SMILES string of the molecule is CC[C@H]1OC[C@@](C)(OCc2ccccc2)CO1. The average molecular weight is 236 g/mol. The van der Waals surface area contributed by atoms with Crippen molar-refractivity contribution in [2.45, 2.75) is 38.8 Å². The van der Waals surface area contributed by atoms with Crippen LogP contribution in [0.15, 0.2) is 30.3 Å². The first-order valence-corrected chi connectivity index (χ1v) is 6.13. The zero-order valence-electron chi connectivity index (χ0n) is 10.5. The monoisotopic (exact) mass is 236 g/mol. The van der Waals surface area contributed by atoms with E-state index in [9.17, 15) is 0 Å². The smallest absolute Gasteiger partial charge is 0.157 e. The first-order valence-electron chi connectivity index (χ1n) is 6.13. The Morgan fingerprint density at radius 1 is 1.24 bits per heavy atom. The number of hydrogen-bond acceptors (Lipinski definition) is 3. The number of hydrogen-bond donors (Lipinski definition) is 0. The van der Waals surface area contributed by atoms with Crippen LogP contribution in [0.25, 0.3) is 0 Å². The summed E-state index contributed by atoms with van der Waals surface area (Å²) < 4.78 is 17.1. The third-order valence-electron chi connectivity index (χ3n) is 2.91. The van der Waals surface area contributed by atoms with Crippen LogP contribution in [0.3, 0.4) is 0 Å². The van der Waals surface area contributed by atoms with E-state index in [4.69, 9.17) is 14.2 Å². The maximum absolute atomic E-state index is 5.90. The summed E-state index contributed by atoms with van der Waals surface area (Å²) in [5, 5.41) is 0. The van der Waals surface area contributed by atoms with Crippen molar-refractivity contribution in [3.63, 3.8) is 0 Å². The molecule has 0 amide bonds. The highest BCUT2D eigenvalue weighted by Crippen LogP contribution is 2.22. The minimum Gasteiger partial charge on any atom is -0.366 e. The molecular formula is C14H20O3. The average Bonchev–Trinajstić information content (AvgIpc) is 2.39. The van der Waals surface area contributed by atoms with Crippen molar-refractivity contribution < 1.29 is 14.2 Å². The highest BCUT2D eigenvalue weighted by atomic mass is 16.7. The Bertz CT molecular complexity index is 329. The van der Waals surface area contributed by atoms with Crippen LogP contribution in [0.1, 0.15) is 25.8 Å². The van der Waals surface area contributed by atoms with E-state index in [1.54, 1.807) is 0 Å². The lowest BCUT2D eigenvalue weighted by atomic mass is 10.1. The standard InChI is InChI=1S/C14H20O3/c1-3-13-15-10-14(2,11-16-13)17-9-12-7-5-4-6-8-12/h4-8,13H,3,9-11H2,1-2H3/t13-,14+. The Morgan fingerprint density at radius 2 is 1.88 bits per heavy atom. The van der Waals surface area contributed by atoms with E-state index in [1.165, 1.54) is 5.56 Å². The molecule has 1 aliphatic rings. The topological polar surface area (TPSA) is 27.7 Å². The molecule has 17 heavy (non-hydrogen) atoms. The van der Waals surface area contributed by atoms with E-state index in [1.807, 2.05) is 25.1 Å². The summed E-state index contributed by atoms with van der Waals surface area (Å²) >= 11 is 0. The highest BCUT2D eigenvalue weighted by Gasteiger charge is 2.32. The third kappa shape index (κ3) is 3.53. The van der Waals surface area contributed by atoms with Crippen LogP contribution in [-0.4, -0.2) is 25.1 Å². The van der Waals surface area contributed by atoms with Crippen LogP contribution < -0.4 is 0 Å². The van der Waals surface area contributed by atoms with Gasteiger partial charge in [-0.1, -0.05) is 37.3 Å². The van der Waals surface area contributed by atoms with E-state index in [0.717, 1.165) is 6.42 Å². The van der Waals surface area contributed by atoms with E-state index in [-0.39, 0.29) is 11.9 Å². The lowest BCUT2D eigenvalue weighted by Gasteiger charge is -2.37. The van der Waals surface area contributed by atoms with Crippen molar-refractivity contribution in [3.05, 3.63) is 35.9 Å². The second kappa shape index (κ2) is 5.63. The quantitative estimate of drug-likeness (QED) is 0.804. The molecule has 0 atom stereocenters. The molecular weight excluding hydrogens is 216 g/mol. The van der Waals surface area contributed by atoms with Gasteiger partial charge >= 0.3 is 0 Å². The minimum atomic E-state index is -0.332. The Kier molecular flexibility index (Phi) is 4.15. The van der Waals surface area contributed by atoms with Gasteiger partial charge in [0.05, 0.1) is 19.8 Å². The molecule has 1 saturated heterocycles. The normalized spacial score (nSPS) is 29.2. The van der Waals surface area contributed by atoms with Crippen molar-refractivity contribution >= 4 is 0 Å². The molecule has 0 unspecified atom stereocenters. The van der Waals surface area contributed by atoms with Crippen molar-refractivity contribution in [1.29, 1.82) is 0 Å². The van der Waals surface area contributed by atoms with Gasteiger partial charge in [0.2, 0.25) is 0 Å². The van der Waals surface area contributed by atoms with Crippen molar-refractivity contribution in [2.24, 2.45) is 0 Å². The summed E-state index contributed by atoms with van der Waals surface area (Å²) in [6, 6.07) is 10.2. The second-order valence-corrected chi connectivity index (χ2v) is 4.68. The van der Waals surface area contributed by atoms with Crippen LogP contribution in [0.2, 0.25) is 0 Å². The van der Waals surface area contributed by atoms with Gasteiger partial charge in [0, 0.05) is 0 Å². The van der Waals surface area contributed by atoms with Gasteiger partial charge in [-0.15, -0.1) is 0 Å². The minimum absolute atomic E-state index is 0.0663. The molecule has 2 rings (SSSR count). The molecule has 0 bridgehead atoms. The molecule has 0 saturated carbocycles. The number of benzene rings is 1. The lowest BCUT2D eigenvalue weighted by molar-refractivity contribution is -0.263. The maximum Gasteiger partial charge on any atom is 0.157 e. The molecule has 3 nitrogen and oxygen atoms in total. The van der Waals surface area contributed by atoms with Crippen LogP contribution in [0, 0.1) is 0 Å². The van der Waals surface area contributed by atoms with Gasteiger partial charge < -0.3 is 14.2 Å². The Morgan fingerprint density at radius 3 is 2.47 bits per heavy atom. The molecule has 1 aliphatic heterocycles.